The van der Waals surface area contributed by atoms with E-state index in [1.807, 2.05) is 13.0 Å². The number of hydrogen-bond acceptors (Lipinski definition) is 4. The molecule has 0 fully saturated rings. The molecule has 0 saturated heterocycles. The lowest BCUT2D eigenvalue weighted by atomic mass is 10.2. The SMILES string of the molecule is CCOc1ccc(-n2cc(N)cc(C#N)c2=O)cc1. The highest BCUT2D eigenvalue weighted by Crippen LogP contribution is 2.15. The van der Waals surface area contributed by atoms with Crippen molar-refractivity contribution in [3.63, 3.8) is 0 Å². The number of nitrogens with two attached hydrogens (primary N) is 1. The molecule has 2 N–H and O–H groups in total. The van der Waals surface area contributed by atoms with Crippen molar-refractivity contribution < 1.29 is 4.74 Å². The summed E-state index contributed by atoms with van der Waals surface area (Å²) < 4.78 is 6.68. The minimum absolute atomic E-state index is 0.0221. The predicted molar refractivity (Wildman–Crippen MR) is 72.3 cm³/mol. The molecule has 1 aromatic heterocycles. The number of aromatic nitrogens is 1. The summed E-state index contributed by atoms with van der Waals surface area (Å²) in [5, 5.41) is 8.89. The average molecular weight is 255 g/mol. The van der Waals surface area contributed by atoms with Crippen LogP contribution in [-0.2, 0) is 0 Å². The smallest absolute Gasteiger partial charge is 0.273 e. The van der Waals surface area contributed by atoms with Crippen molar-refractivity contribution in [2.75, 3.05) is 12.3 Å². The van der Waals surface area contributed by atoms with Crippen LogP contribution in [0.1, 0.15) is 12.5 Å². The van der Waals surface area contributed by atoms with Crippen molar-refractivity contribution in [2.45, 2.75) is 6.92 Å². The van der Waals surface area contributed by atoms with E-state index in [2.05, 4.69) is 0 Å². The zero-order chi connectivity index (χ0) is 13.8. The summed E-state index contributed by atoms with van der Waals surface area (Å²) in [7, 11) is 0. The molecule has 0 amide bonds. The van der Waals surface area contributed by atoms with Gasteiger partial charge in [-0.15, -0.1) is 0 Å². The summed E-state index contributed by atoms with van der Waals surface area (Å²) in [5.41, 5.74) is 6.32. The van der Waals surface area contributed by atoms with E-state index in [0.717, 1.165) is 5.75 Å². The van der Waals surface area contributed by atoms with Crippen molar-refractivity contribution in [1.29, 1.82) is 5.26 Å². The lowest BCUT2D eigenvalue weighted by Crippen LogP contribution is -2.21. The van der Waals surface area contributed by atoms with Gasteiger partial charge >= 0.3 is 0 Å². The van der Waals surface area contributed by atoms with E-state index in [4.69, 9.17) is 15.7 Å². The van der Waals surface area contributed by atoms with E-state index < -0.39 is 0 Å². The van der Waals surface area contributed by atoms with Gasteiger partial charge in [-0.2, -0.15) is 5.26 Å². The first kappa shape index (κ1) is 12.7. The molecule has 5 heteroatoms. The molecule has 19 heavy (non-hydrogen) atoms. The van der Waals surface area contributed by atoms with Crippen LogP contribution in [0.5, 0.6) is 5.75 Å². The largest absolute Gasteiger partial charge is 0.494 e. The number of nitrogens with zero attached hydrogens (tertiary/aromatic N) is 2. The van der Waals surface area contributed by atoms with E-state index in [1.165, 1.54) is 16.8 Å². The molecule has 2 rings (SSSR count). The summed E-state index contributed by atoms with van der Waals surface area (Å²) in [6, 6.07) is 10.2. The van der Waals surface area contributed by atoms with Crippen LogP contribution < -0.4 is 16.0 Å². The standard InChI is InChI=1S/C14H13N3O2/c1-2-19-13-5-3-12(4-6-13)17-9-11(16)7-10(8-15)14(17)18/h3-7,9H,2,16H2,1H3. The Balaban J connectivity index is 2.50. The van der Waals surface area contributed by atoms with E-state index in [-0.39, 0.29) is 11.1 Å². The van der Waals surface area contributed by atoms with E-state index >= 15 is 0 Å². The number of anilines is 1. The zero-order valence-electron chi connectivity index (χ0n) is 10.5. The van der Waals surface area contributed by atoms with Crippen LogP contribution in [0.25, 0.3) is 5.69 Å². The van der Waals surface area contributed by atoms with E-state index in [9.17, 15) is 4.79 Å². The molecule has 0 aliphatic carbocycles. The van der Waals surface area contributed by atoms with Crippen LogP contribution in [0.3, 0.4) is 0 Å². The highest BCUT2D eigenvalue weighted by atomic mass is 16.5. The first-order valence-corrected chi connectivity index (χ1v) is 5.81. The fourth-order valence-corrected chi connectivity index (χ4v) is 1.74. The van der Waals surface area contributed by atoms with Crippen LogP contribution in [0, 0.1) is 11.3 Å². The molecule has 0 saturated carbocycles. The molecule has 0 bridgehead atoms. The molecule has 5 nitrogen and oxygen atoms in total. The summed E-state index contributed by atoms with van der Waals surface area (Å²) in [4.78, 5) is 12.0. The Morgan fingerprint density at radius 1 is 1.37 bits per heavy atom. The molecule has 2 aromatic rings. The molecule has 0 aliphatic heterocycles. The summed E-state index contributed by atoms with van der Waals surface area (Å²) in [6.07, 6.45) is 1.50. The van der Waals surface area contributed by atoms with Crippen molar-refractivity contribution >= 4 is 5.69 Å². The molecule has 1 heterocycles. The number of rotatable bonds is 3. The van der Waals surface area contributed by atoms with Crippen molar-refractivity contribution in [3.8, 4) is 17.5 Å². The van der Waals surface area contributed by atoms with Crippen LogP contribution in [0.15, 0.2) is 41.3 Å². The number of nitrogen functional groups attached to an aromatic ring is 1. The third-order valence-electron chi connectivity index (χ3n) is 2.58. The number of benzene rings is 1. The molecule has 0 atom stereocenters. The van der Waals surface area contributed by atoms with Gasteiger partial charge in [0.25, 0.3) is 5.56 Å². The average Bonchev–Trinajstić information content (AvgIpc) is 2.42. The Kier molecular flexibility index (Phi) is 3.53. The van der Waals surface area contributed by atoms with E-state index in [0.29, 0.717) is 18.0 Å². The number of hydrogen-bond donors (Lipinski definition) is 1. The monoisotopic (exact) mass is 255 g/mol. The van der Waals surface area contributed by atoms with Gasteiger partial charge in [0.15, 0.2) is 0 Å². The third-order valence-corrected chi connectivity index (χ3v) is 2.58. The molecular weight excluding hydrogens is 242 g/mol. The molecule has 0 unspecified atom stereocenters. The van der Waals surface area contributed by atoms with E-state index in [1.54, 1.807) is 24.3 Å². The van der Waals surface area contributed by atoms with Gasteiger partial charge in [0.2, 0.25) is 0 Å². The maximum Gasteiger partial charge on any atom is 0.273 e. The van der Waals surface area contributed by atoms with Crippen molar-refractivity contribution in [3.05, 3.63) is 52.4 Å². The lowest BCUT2D eigenvalue weighted by molar-refractivity contribution is 0.340. The normalized spacial score (nSPS) is 9.89. The van der Waals surface area contributed by atoms with Crippen LogP contribution in [0.2, 0.25) is 0 Å². The topological polar surface area (TPSA) is 81.0 Å². The highest BCUT2D eigenvalue weighted by Gasteiger charge is 2.06. The number of pyridine rings is 1. The van der Waals surface area contributed by atoms with Gasteiger partial charge in [-0.1, -0.05) is 0 Å². The van der Waals surface area contributed by atoms with Gasteiger partial charge in [-0.25, -0.2) is 0 Å². The molecule has 1 aromatic carbocycles. The fraction of sp³-hybridized carbons (Fsp3) is 0.143. The minimum atomic E-state index is -0.388. The lowest BCUT2D eigenvalue weighted by Gasteiger charge is -2.08. The minimum Gasteiger partial charge on any atom is -0.494 e. The second-order valence-corrected chi connectivity index (χ2v) is 3.90. The predicted octanol–water partition coefficient (Wildman–Crippen LogP) is 1.69. The first-order valence-electron chi connectivity index (χ1n) is 5.81. The Hall–Kier alpha value is -2.74. The first-order chi connectivity index (χ1) is 9.15. The molecule has 96 valence electrons. The Morgan fingerprint density at radius 3 is 2.63 bits per heavy atom. The van der Waals surface area contributed by atoms with Gasteiger partial charge in [0, 0.05) is 17.6 Å². The molecule has 0 radical (unpaired) electrons. The second-order valence-electron chi connectivity index (χ2n) is 3.90. The molecular formula is C14H13N3O2. The van der Waals surface area contributed by atoms with Crippen molar-refractivity contribution in [2.24, 2.45) is 0 Å². The quantitative estimate of drug-likeness (QED) is 0.904. The number of ether oxygens (including phenoxy) is 1. The number of nitriles is 1. The van der Waals surface area contributed by atoms with Crippen LogP contribution >= 0.6 is 0 Å². The summed E-state index contributed by atoms with van der Waals surface area (Å²) in [6.45, 7) is 2.48. The summed E-state index contributed by atoms with van der Waals surface area (Å²) >= 11 is 0. The van der Waals surface area contributed by atoms with Gasteiger partial charge < -0.3 is 10.5 Å². The van der Waals surface area contributed by atoms with Crippen LogP contribution in [-0.4, -0.2) is 11.2 Å². The highest BCUT2D eigenvalue weighted by molar-refractivity contribution is 5.47. The van der Waals surface area contributed by atoms with Gasteiger partial charge in [0.1, 0.15) is 17.4 Å². The second kappa shape index (κ2) is 5.27. The van der Waals surface area contributed by atoms with Gasteiger partial charge in [0.05, 0.1) is 6.61 Å². The fourth-order valence-electron chi connectivity index (χ4n) is 1.74. The van der Waals surface area contributed by atoms with Gasteiger partial charge in [-0.3, -0.25) is 9.36 Å². The Bertz CT molecular complexity index is 681. The van der Waals surface area contributed by atoms with Crippen LogP contribution in [0.4, 0.5) is 5.69 Å². The third kappa shape index (κ3) is 2.58. The van der Waals surface area contributed by atoms with Crippen molar-refractivity contribution in [1.82, 2.24) is 4.57 Å². The maximum absolute atomic E-state index is 12.0. The Labute approximate surface area is 110 Å². The Morgan fingerprint density at radius 2 is 2.05 bits per heavy atom. The van der Waals surface area contributed by atoms with Gasteiger partial charge in [-0.05, 0) is 37.3 Å². The zero-order valence-corrected chi connectivity index (χ0v) is 10.5. The molecule has 0 spiro atoms. The molecule has 0 aliphatic rings. The maximum atomic E-state index is 12.0. The summed E-state index contributed by atoms with van der Waals surface area (Å²) in [5.74, 6) is 0.726.